The van der Waals surface area contributed by atoms with E-state index in [4.69, 9.17) is 16.3 Å². The van der Waals surface area contributed by atoms with Crippen LogP contribution in [-0.4, -0.2) is 20.3 Å². The van der Waals surface area contributed by atoms with Gasteiger partial charge in [0.05, 0.1) is 0 Å². The van der Waals surface area contributed by atoms with Crippen LogP contribution in [0.5, 0.6) is 0 Å². The monoisotopic (exact) mass is 331 g/mol. The van der Waals surface area contributed by atoms with Crippen LogP contribution in [0.1, 0.15) is 30.9 Å². The van der Waals surface area contributed by atoms with Crippen molar-refractivity contribution < 1.29 is 4.74 Å². The Bertz CT molecular complexity index is 393. The van der Waals surface area contributed by atoms with Gasteiger partial charge in [-0.05, 0) is 49.9 Å². The Morgan fingerprint density at radius 2 is 2.17 bits per heavy atom. The summed E-state index contributed by atoms with van der Waals surface area (Å²) in [5.74, 6) is 0.732. The van der Waals surface area contributed by atoms with Gasteiger partial charge in [0.1, 0.15) is 0 Å². The molecule has 1 aliphatic heterocycles. The zero-order valence-electron chi connectivity index (χ0n) is 10.6. The third-order valence-corrected chi connectivity index (χ3v) is 4.42. The van der Waals surface area contributed by atoms with Crippen molar-refractivity contribution in [2.24, 2.45) is 5.92 Å². The third kappa shape index (κ3) is 3.70. The average molecular weight is 333 g/mol. The van der Waals surface area contributed by atoms with E-state index in [1.165, 1.54) is 5.56 Å². The van der Waals surface area contributed by atoms with Gasteiger partial charge in [-0.3, -0.25) is 0 Å². The largest absolute Gasteiger partial charge is 0.381 e. The van der Waals surface area contributed by atoms with Crippen LogP contribution in [0.3, 0.4) is 0 Å². The predicted octanol–water partition coefficient (Wildman–Crippen LogP) is 4.18. The molecule has 1 atom stereocenters. The second-order valence-electron chi connectivity index (χ2n) is 4.80. The van der Waals surface area contributed by atoms with E-state index in [1.54, 1.807) is 0 Å². The minimum Gasteiger partial charge on any atom is -0.381 e. The smallest absolute Gasteiger partial charge is 0.0468 e. The van der Waals surface area contributed by atoms with Crippen molar-refractivity contribution >= 4 is 27.5 Å². The molecule has 18 heavy (non-hydrogen) atoms. The maximum absolute atomic E-state index is 6.33. The summed E-state index contributed by atoms with van der Waals surface area (Å²) in [6, 6.07) is 6.45. The Morgan fingerprint density at radius 1 is 1.44 bits per heavy atom. The quantitative estimate of drug-likeness (QED) is 0.893. The highest BCUT2D eigenvalue weighted by Gasteiger charge is 2.21. The van der Waals surface area contributed by atoms with Gasteiger partial charge in [0.15, 0.2) is 0 Å². The molecule has 1 heterocycles. The van der Waals surface area contributed by atoms with Crippen molar-refractivity contribution in [1.29, 1.82) is 0 Å². The van der Waals surface area contributed by atoms with Gasteiger partial charge in [-0.1, -0.05) is 33.6 Å². The summed E-state index contributed by atoms with van der Waals surface area (Å²) < 4.78 is 6.43. The van der Waals surface area contributed by atoms with Gasteiger partial charge in [0.25, 0.3) is 0 Å². The molecule has 1 aromatic carbocycles. The van der Waals surface area contributed by atoms with Crippen molar-refractivity contribution in [3.8, 4) is 0 Å². The van der Waals surface area contributed by atoms with E-state index in [0.29, 0.717) is 6.04 Å². The van der Waals surface area contributed by atoms with Gasteiger partial charge in [0.2, 0.25) is 0 Å². The fourth-order valence-corrected chi connectivity index (χ4v) is 3.30. The lowest BCUT2D eigenvalue weighted by molar-refractivity contribution is 0.0608. The van der Waals surface area contributed by atoms with Crippen LogP contribution in [0.2, 0.25) is 5.02 Å². The lowest BCUT2D eigenvalue weighted by atomic mass is 9.89. The van der Waals surface area contributed by atoms with Gasteiger partial charge >= 0.3 is 0 Å². The van der Waals surface area contributed by atoms with Crippen LogP contribution in [0.15, 0.2) is 22.7 Å². The summed E-state index contributed by atoms with van der Waals surface area (Å²) >= 11 is 9.77. The topological polar surface area (TPSA) is 21.3 Å². The van der Waals surface area contributed by atoms with Crippen molar-refractivity contribution in [3.05, 3.63) is 33.3 Å². The first-order valence-electron chi connectivity index (χ1n) is 6.40. The van der Waals surface area contributed by atoms with Crippen LogP contribution in [0, 0.1) is 5.92 Å². The number of hydrogen-bond acceptors (Lipinski definition) is 2. The molecule has 0 saturated carbocycles. The summed E-state index contributed by atoms with van der Waals surface area (Å²) in [5.41, 5.74) is 1.19. The number of ether oxygens (including phenoxy) is 1. The molecule has 4 heteroatoms. The molecule has 0 aromatic heterocycles. The minimum atomic E-state index is 0.327. The Balaban J connectivity index is 2.07. The van der Waals surface area contributed by atoms with Gasteiger partial charge in [-0.15, -0.1) is 0 Å². The van der Waals surface area contributed by atoms with Crippen molar-refractivity contribution in [3.63, 3.8) is 0 Å². The lowest BCUT2D eigenvalue weighted by Gasteiger charge is -2.27. The molecule has 100 valence electrons. The molecular weight excluding hydrogens is 314 g/mol. The number of halogens is 2. The number of benzene rings is 1. The van der Waals surface area contributed by atoms with Crippen molar-refractivity contribution in [2.75, 3.05) is 20.3 Å². The van der Waals surface area contributed by atoms with E-state index >= 15 is 0 Å². The van der Waals surface area contributed by atoms with E-state index in [1.807, 2.05) is 13.1 Å². The van der Waals surface area contributed by atoms with Crippen LogP contribution >= 0.6 is 27.5 Å². The number of nitrogens with one attached hydrogen (secondary N) is 1. The summed E-state index contributed by atoms with van der Waals surface area (Å²) in [5, 5.41) is 4.21. The second-order valence-corrected chi connectivity index (χ2v) is 6.12. The predicted molar refractivity (Wildman–Crippen MR) is 79.1 cm³/mol. The molecule has 0 aliphatic carbocycles. The molecular formula is C14H19BrClNO. The lowest BCUT2D eigenvalue weighted by Crippen LogP contribution is -2.24. The number of hydrogen-bond donors (Lipinski definition) is 1. The first-order valence-corrected chi connectivity index (χ1v) is 7.57. The summed E-state index contributed by atoms with van der Waals surface area (Å²) in [6.45, 7) is 1.80. The molecule has 1 N–H and O–H groups in total. The summed E-state index contributed by atoms with van der Waals surface area (Å²) in [4.78, 5) is 0. The van der Waals surface area contributed by atoms with Gasteiger partial charge in [-0.25, -0.2) is 0 Å². The van der Waals surface area contributed by atoms with Crippen molar-refractivity contribution in [1.82, 2.24) is 5.32 Å². The highest BCUT2D eigenvalue weighted by molar-refractivity contribution is 9.10. The Hall–Kier alpha value is -0.0900. The van der Waals surface area contributed by atoms with Crippen LogP contribution < -0.4 is 5.32 Å². The van der Waals surface area contributed by atoms with E-state index in [-0.39, 0.29) is 0 Å². The number of rotatable bonds is 4. The maximum atomic E-state index is 6.33. The molecule has 2 rings (SSSR count). The zero-order chi connectivity index (χ0) is 13.0. The minimum absolute atomic E-state index is 0.327. The molecule has 1 aromatic rings. The fraction of sp³-hybridized carbons (Fsp3) is 0.571. The van der Waals surface area contributed by atoms with E-state index < -0.39 is 0 Å². The van der Waals surface area contributed by atoms with Gasteiger partial charge in [0, 0.05) is 28.8 Å². The summed E-state index contributed by atoms with van der Waals surface area (Å²) in [6.07, 6.45) is 3.44. The van der Waals surface area contributed by atoms with E-state index in [0.717, 1.165) is 47.9 Å². The molecule has 0 bridgehead atoms. The Labute approximate surface area is 122 Å². The average Bonchev–Trinajstić information content (AvgIpc) is 2.38. The Morgan fingerprint density at radius 3 is 2.78 bits per heavy atom. The SMILES string of the molecule is CNC(CC1CCOCC1)c1ccc(Br)cc1Cl. The van der Waals surface area contributed by atoms with Gasteiger partial charge in [-0.2, -0.15) is 0 Å². The van der Waals surface area contributed by atoms with Crippen LogP contribution in [-0.2, 0) is 4.74 Å². The second kappa shape index (κ2) is 6.90. The van der Waals surface area contributed by atoms with E-state index in [2.05, 4.69) is 33.4 Å². The van der Waals surface area contributed by atoms with Crippen LogP contribution in [0.25, 0.3) is 0 Å². The standard InChI is InChI=1S/C14H19BrClNO/c1-17-14(8-10-4-6-18-7-5-10)12-3-2-11(15)9-13(12)16/h2-3,9-10,14,17H,4-8H2,1H3. The zero-order valence-corrected chi connectivity index (χ0v) is 12.9. The molecule has 1 aliphatic rings. The first kappa shape index (κ1) is 14.3. The summed E-state index contributed by atoms with van der Waals surface area (Å²) in [7, 11) is 2.00. The highest BCUT2D eigenvalue weighted by atomic mass is 79.9. The fourth-order valence-electron chi connectivity index (χ4n) is 2.50. The highest BCUT2D eigenvalue weighted by Crippen LogP contribution is 2.32. The first-order chi connectivity index (χ1) is 8.70. The third-order valence-electron chi connectivity index (χ3n) is 3.60. The maximum Gasteiger partial charge on any atom is 0.0468 e. The molecule has 0 spiro atoms. The van der Waals surface area contributed by atoms with Crippen molar-refractivity contribution in [2.45, 2.75) is 25.3 Å². The molecule has 2 nitrogen and oxygen atoms in total. The van der Waals surface area contributed by atoms with Gasteiger partial charge < -0.3 is 10.1 Å². The normalized spacial score (nSPS) is 18.8. The van der Waals surface area contributed by atoms with Crippen LogP contribution in [0.4, 0.5) is 0 Å². The molecule has 0 radical (unpaired) electrons. The molecule has 1 unspecified atom stereocenters. The molecule has 0 amide bonds. The molecule has 1 fully saturated rings. The Kier molecular flexibility index (Phi) is 5.49. The van der Waals surface area contributed by atoms with E-state index in [9.17, 15) is 0 Å². The molecule has 1 saturated heterocycles.